The van der Waals surface area contributed by atoms with Gasteiger partial charge in [0, 0.05) is 25.7 Å². The summed E-state index contributed by atoms with van der Waals surface area (Å²) >= 11 is 5.88. The summed E-state index contributed by atoms with van der Waals surface area (Å²) in [7, 11) is 3.65. The zero-order chi connectivity index (χ0) is 27.4. The van der Waals surface area contributed by atoms with E-state index in [0.29, 0.717) is 48.9 Å². The van der Waals surface area contributed by atoms with Crippen molar-refractivity contribution in [2.24, 2.45) is 25.9 Å². The van der Waals surface area contributed by atoms with Gasteiger partial charge in [-0.15, -0.1) is 0 Å². The number of aryl methyl sites for hydroxylation is 3. The average Bonchev–Trinajstić information content (AvgIpc) is 3.56. The molecule has 5 rings (SSSR count). The maximum absolute atomic E-state index is 13.5. The predicted molar refractivity (Wildman–Crippen MR) is 142 cm³/mol. The normalized spacial score (nSPS) is 25.1. The fourth-order valence-corrected chi connectivity index (χ4v) is 6.58. The van der Waals surface area contributed by atoms with E-state index in [-0.39, 0.29) is 16.8 Å². The summed E-state index contributed by atoms with van der Waals surface area (Å²) in [5.74, 6) is -0.117. The van der Waals surface area contributed by atoms with Crippen LogP contribution in [0.2, 0.25) is 5.02 Å². The molecule has 2 unspecified atom stereocenters. The fourth-order valence-electron chi connectivity index (χ4n) is 6.40. The first-order valence-electron chi connectivity index (χ1n) is 13.1. The van der Waals surface area contributed by atoms with Crippen molar-refractivity contribution < 1.29 is 19.4 Å². The average molecular weight is 544 g/mol. The number of aliphatic hydroxyl groups is 2. The first-order valence-corrected chi connectivity index (χ1v) is 13.5. The van der Waals surface area contributed by atoms with Crippen molar-refractivity contribution >= 4 is 23.2 Å². The molecule has 2 saturated carbocycles. The first-order chi connectivity index (χ1) is 17.8. The highest BCUT2D eigenvalue weighted by atomic mass is 35.5. The highest BCUT2D eigenvalue weighted by Crippen LogP contribution is 2.56. The highest BCUT2D eigenvalue weighted by Gasteiger charge is 2.51. The van der Waals surface area contributed by atoms with E-state index in [4.69, 9.17) is 11.6 Å². The van der Waals surface area contributed by atoms with E-state index in [0.717, 1.165) is 29.9 Å². The molecule has 0 saturated heterocycles. The van der Waals surface area contributed by atoms with E-state index in [2.05, 4.69) is 15.4 Å². The molecule has 2 aromatic heterocycles. The standard InChI is InChI=1S/C28H35ClFN5O3/c1-27(2,37)8-7-20-12-23(35(4)33-20)28(38)13-17-9-16(10-18(17)14-28)24-25(34(3)15-31-24)26(36)32-19-5-6-22(30)21(29)11-19/h5-6,11-12,15-18,37-38H,7-10,13-14H2,1-4H3,(H,32,36). The summed E-state index contributed by atoms with van der Waals surface area (Å²) in [6, 6.07) is 6.07. The molecule has 0 radical (unpaired) electrons. The molecule has 8 nitrogen and oxygen atoms in total. The minimum Gasteiger partial charge on any atom is -0.390 e. The van der Waals surface area contributed by atoms with Gasteiger partial charge in [-0.3, -0.25) is 9.48 Å². The second-order valence-electron chi connectivity index (χ2n) is 11.8. The van der Waals surface area contributed by atoms with Crippen LogP contribution < -0.4 is 5.32 Å². The van der Waals surface area contributed by atoms with E-state index in [1.54, 1.807) is 36.5 Å². The molecule has 2 atom stereocenters. The van der Waals surface area contributed by atoms with Gasteiger partial charge >= 0.3 is 0 Å². The van der Waals surface area contributed by atoms with Crippen LogP contribution in [-0.2, 0) is 26.1 Å². The Hall–Kier alpha value is -2.75. The smallest absolute Gasteiger partial charge is 0.274 e. The lowest BCUT2D eigenvalue weighted by atomic mass is 9.89. The van der Waals surface area contributed by atoms with Crippen LogP contribution in [0.5, 0.6) is 0 Å². The number of hydrogen-bond acceptors (Lipinski definition) is 5. The number of nitrogens with zero attached hydrogens (tertiary/aromatic N) is 4. The Morgan fingerprint density at radius 1 is 1.24 bits per heavy atom. The van der Waals surface area contributed by atoms with Crippen LogP contribution in [0.3, 0.4) is 0 Å². The molecular formula is C28H35ClFN5O3. The van der Waals surface area contributed by atoms with Crippen molar-refractivity contribution in [2.45, 2.75) is 69.5 Å². The third-order valence-electron chi connectivity index (χ3n) is 8.19. The summed E-state index contributed by atoms with van der Waals surface area (Å²) < 4.78 is 17.0. The summed E-state index contributed by atoms with van der Waals surface area (Å²) in [6.07, 6.45) is 5.87. The van der Waals surface area contributed by atoms with Crippen molar-refractivity contribution in [1.29, 1.82) is 0 Å². The van der Waals surface area contributed by atoms with Gasteiger partial charge < -0.3 is 20.1 Å². The number of carbonyl (C=O) groups excluding carboxylic acids is 1. The minimum absolute atomic E-state index is 0.0538. The Labute approximate surface area is 226 Å². The van der Waals surface area contributed by atoms with Crippen LogP contribution in [-0.4, -0.2) is 41.1 Å². The topological polar surface area (TPSA) is 105 Å². The summed E-state index contributed by atoms with van der Waals surface area (Å²) in [6.45, 7) is 3.57. The van der Waals surface area contributed by atoms with Crippen LogP contribution >= 0.6 is 11.6 Å². The van der Waals surface area contributed by atoms with Crippen molar-refractivity contribution in [1.82, 2.24) is 19.3 Å². The number of halogens is 2. The number of carbonyl (C=O) groups is 1. The van der Waals surface area contributed by atoms with E-state index in [1.165, 1.54) is 18.2 Å². The van der Waals surface area contributed by atoms with Crippen LogP contribution in [0, 0.1) is 17.7 Å². The van der Waals surface area contributed by atoms with Crippen LogP contribution in [0.4, 0.5) is 10.1 Å². The van der Waals surface area contributed by atoms with Gasteiger partial charge in [-0.1, -0.05) is 11.6 Å². The number of hydrogen-bond donors (Lipinski definition) is 3. The Morgan fingerprint density at radius 2 is 1.92 bits per heavy atom. The first kappa shape index (κ1) is 26.8. The van der Waals surface area contributed by atoms with E-state index >= 15 is 0 Å². The number of anilines is 1. The lowest BCUT2D eigenvalue weighted by Gasteiger charge is -2.25. The number of rotatable bonds is 7. The number of nitrogens with one attached hydrogen (secondary N) is 1. The maximum Gasteiger partial charge on any atom is 0.274 e. The largest absolute Gasteiger partial charge is 0.390 e. The van der Waals surface area contributed by atoms with Gasteiger partial charge in [0.1, 0.15) is 17.1 Å². The quantitative estimate of drug-likeness (QED) is 0.401. The number of imidazole rings is 1. The van der Waals surface area contributed by atoms with Crippen LogP contribution in [0.1, 0.15) is 79.4 Å². The zero-order valence-electron chi connectivity index (χ0n) is 22.2. The van der Waals surface area contributed by atoms with Crippen LogP contribution in [0.15, 0.2) is 30.6 Å². The summed E-state index contributed by atoms with van der Waals surface area (Å²) in [4.78, 5) is 17.8. The van der Waals surface area contributed by atoms with E-state index in [1.807, 2.05) is 13.1 Å². The summed E-state index contributed by atoms with van der Waals surface area (Å²) in [5, 5.41) is 29.1. The Balaban J connectivity index is 1.28. The minimum atomic E-state index is -0.943. The zero-order valence-corrected chi connectivity index (χ0v) is 23.0. The number of aromatic nitrogens is 4. The monoisotopic (exact) mass is 543 g/mol. The number of benzene rings is 1. The van der Waals surface area contributed by atoms with Gasteiger partial charge in [-0.2, -0.15) is 5.10 Å². The molecule has 1 amide bonds. The third-order valence-corrected chi connectivity index (χ3v) is 8.48. The van der Waals surface area contributed by atoms with Gasteiger partial charge in [0.25, 0.3) is 5.91 Å². The molecule has 10 heteroatoms. The van der Waals surface area contributed by atoms with Gasteiger partial charge in [0.2, 0.25) is 0 Å². The molecule has 0 spiro atoms. The second-order valence-corrected chi connectivity index (χ2v) is 12.2. The third kappa shape index (κ3) is 5.24. The maximum atomic E-state index is 13.5. The van der Waals surface area contributed by atoms with E-state index in [9.17, 15) is 19.4 Å². The number of fused-ring (bicyclic) bond motifs is 1. The Bertz CT molecular complexity index is 1350. The molecule has 3 N–H and O–H groups in total. The van der Waals surface area contributed by atoms with Crippen molar-refractivity contribution in [3.63, 3.8) is 0 Å². The molecule has 2 heterocycles. The molecule has 2 aliphatic rings. The second kappa shape index (κ2) is 9.77. The van der Waals surface area contributed by atoms with Gasteiger partial charge in [-0.25, -0.2) is 9.37 Å². The molecule has 1 aromatic carbocycles. The Kier molecular flexibility index (Phi) is 6.90. The lowest BCUT2D eigenvalue weighted by Crippen LogP contribution is -2.26. The molecular weight excluding hydrogens is 509 g/mol. The highest BCUT2D eigenvalue weighted by molar-refractivity contribution is 6.31. The van der Waals surface area contributed by atoms with Gasteiger partial charge in [0.05, 0.1) is 34.0 Å². The molecule has 204 valence electrons. The fraction of sp³-hybridized carbons (Fsp3) is 0.536. The summed E-state index contributed by atoms with van der Waals surface area (Å²) in [5.41, 5.74) is 1.65. The lowest BCUT2D eigenvalue weighted by molar-refractivity contribution is 0.0263. The molecule has 2 aliphatic carbocycles. The predicted octanol–water partition coefficient (Wildman–Crippen LogP) is 4.69. The Morgan fingerprint density at radius 3 is 2.55 bits per heavy atom. The van der Waals surface area contributed by atoms with Crippen LogP contribution in [0.25, 0.3) is 0 Å². The molecule has 38 heavy (non-hydrogen) atoms. The molecule has 3 aromatic rings. The molecule has 0 aliphatic heterocycles. The van der Waals surface area contributed by atoms with Gasteiger partial charge in [0.15, 0.2) is 0 Å². The van der Waals surface area contributed by atoms with E-state index < -0.39 is 17.0 Å². The van der Waals surface area contributed by atoms with Gasteiger partial charge in [-0.05, 0) is 88.5 Å². The molecule has 0 bridgehead atoms. The van der Waals surface area contributed by atoms with Crippen molar-refractivity contribution in [3.05, 3.63) is 64.2 Å². The van der Waals surface area contributed by atoms with Crippen molar-refractivity contribution in [2.75, 3.05) is 5.32 Å². The number of amides is 1. The molecule has 2 fully saturated rings. The van der Waals surface area contributed by atoms with Crippen molar-refractivity contribution in [3.8, 4) is 0 Å². The SMILES string of the molecule is Cn1cnc(C2CC3CC(O)(c4cc(CCC(C)(C)O)nn4C)CC3C2)c1C(=O)Nc1ccc(F)c(Cl)c1.